The van der Waals surface area contributed by atoms with Crippen molar-refractivity contribution in [2.45, 2.75) is 52.5 Å². The van der Waals surface area contributed by atoms with Gasteiger partial charge in [0.2, 0.25) is 5.95 Å². The van der Waals surface area contributed by atoms with Crippen LogP contribution in [0.15, 0.2) is 48.8 Å². The highest BCUT2D eigenvalue weighted by molar-refractivity contribution is 7.52. The van der Waals surface area contributed by atoms with Gasteiger partial charge in [0.25, 0.3) is 0 Å². The van der Waals surface area contributed by atoms with Gasteiger partial charge < -0.3 is 25.0 Å². The molecule has 14 heteroatoms. The Morgan fingerprint density at radius 3 is 2.73 bits per heavy atom. The molecule has 4 N–H and O–H groups in total. The SMILES string of the molecule is C#C[C@H]1C[C@@H](CO[P@](=O)(N[C@H](C)C(=O)OCC(C)(C)C)Oc2cccc3ccccc23)O[C@H]1n1cnc2c(NC)nc(N)nc21. The first-order valence-electron chi connectivity index (χ1n) is 14.6. The van der Waals surface area contributed by atoms with Crippen molar-refractivity contribution in [3.63, 3.8) is 0 Å². The molecular formula is C31H38N7O6P. The van der Waals surface area contributed by atoms with E-state index < -0.39 is 32.1 Å². The van der Waals surface area contributed by atoms with Crippen LogP contribution in [-0.4, -0.2) is 57.9 Å². The predicted molar refractivity (Wildman–Crippen MR) is 171 cm³/mol. The number of nitrogens with zero attached hydrogens (tertiary/aromatic N) is 4. The molecule has 2 aromatic carbocycles. The monoisotopic (exact) mass is 635 g/mol. The number of hydrogen-bond acceptors (Lipinski definition) is 11. The highest BCUT2D eigenvalue weighted by atomic mass is 31.2. The molecular weight excluding hydrogens is 597 g/mol. The summed E-state index contributed by atoms with van der Waals surface area (Å²) in [6, 6.07) is 11.9. The number of esters is 1. The van der Waals surface area contributed by atoms with Gasteiger partial charge >= 0.3 is 13.7 Å². The number of nitrogens with one attached hydrogen (secondary N) is 2. The zero-order valence-electron chi connectivity index (χ0n) is 25.9. The summed E-state index contributed by atoms with van der Waals surface area (Å²) in [6.07, 6.45) is 6.63. The second-order valence-electron chi connectivity index (χ2n) is 12.0. The van der Waals surface area contributed by atoms with Crippen molar-refractivity contribution >= 4 is 47.4 Å². The number of anilines is 2. The van der Waals surface area contributed by atoms with E-state index in [9.17, 15) is 9.36 Å². The van der Waals surface area contributed by atoms with Crippen LogP contribution in [0.25, 0.3) is 21.9 Å². The van der Waals surface area contributed by atoms with Crippen molar-refractivity contribution in [1.82, 2.24) is 24.6 Å². The van der Waals surface area contributed by atoms with Gasteiger partial charge in [-0.05, 0) is 30.2 Å². The lowest BCUT2D eigenvalue weighted by Crippen LogP contribution is -2.37. The number of carbonyl (C=O) groups is 1. The van der Waals surface area contributed by atoms with Gasteiger partial charge in [-0.1, -0.05) is 63.1 Å². The number of terminal acetylenes is 1. The second-order valence-corrected chi connectivity index (χ2v) is 13.7. The molecule has 5 atom stereocenters. The van der Waals surface area contributed by atoms with Crippen LogP contribution in [-0.2, 0) is 23.4 Å². The Morgan fingerprint density at radius 1 is 1.24 bits per heavy atom. The van der Waals surface area contributed by atoms with Gasteiger partial charge in [-0.25, -0.2) is 9.55 Å². The van der Waals surface area contributed by atoms with Gasteiger partial charge in [-0.15, -0.1) is 6.42 Å². The Morgan fingerprint density at radius 2 is 2.00 bits per heavy atom. The van der Waals surface area contributed by atoms with Gasteiger partial charge in [0.15, 0.2) is 23.2 Å². The molecule has 238 valence electrons. The summed E-state index contributed by atoms with van der Waals surface area (Å²) in [5.74, 6) is 2.66. The number of hydrogen-bond donors (Lipinski definition) is 3. The van der Waals surface area contributed by atoms with Crippen LogP contribution in [0.4, 0.5) is 11.8 Å². The van der Waals surface area contributed by atoms with E-state index in [1.54, 1.807) is 37.0 Å². The number of benzene rings is 2. The third-order valence-electron chi connectivity index (χ3n) is 7.11. The van der Waals surface area contributed by atoms with Gasteiger partial charge in [0.05, 0.1) is 31.6 Å². The number of nitrogen functional groups attached to an aromatic ring is 1. The van der Waals surface area contributed by atoms with Crippen molar-refractivity contribution < 1.29 is 27.9 Å². The lowest BCUT2D eigenvalue weighted by atomic mass is 9.99. The molecule has 1 saturated heterocycles. The minimum atomic E-state index is -4.18. The number of rotatable bonds is 11. The number of imidazole rings is 1. The maximum absolute atomic E-state index is 14.3. The molecule has 3 heterocycles. The van der Waals surface area contributed by atoms with Crippen molar-refractivity contribution in [2.75, 3.05) is 31.3 Å². The largest absolute Gasteiger partial charge is 0.464 e. The van der Waals surface area contributed by atoms with Crippen molar-refractivity contribution in [2.24, 2.45) is 11.3 Å². The summed E-state index contributed by atoms with van der Waals surface area (Å²) >= 11 is 0. The van der Waals surface area contributed by atoms with Gasteiger partial charge in [-0.3, -0.25) is 13.9 Å². The quantitative estimate of drug-likeness (QED) is 0.116. The van der Waals surface area contributed by atoms with Gasteiger partial charge in [-0.2, -0.15) is 15.1 Å². The van der Waals surface area contributed by atoms with E-state index in [4.69, 9.17) is 30.7 Å². The molecule has 0 aliphatic carbocycles. The molecule has 0 radical (unpaired) electrons. The van der Waals surface area contributed by atoms with Crippen LogP contribution in [0.5, 0.6) is 5.75 Å². The fourth-order valence-corrected chi connectivity index (χ4v) is 6.48. The molecule has 45 heavy (non-hydrogen) atoms. The van der Waals surface area contributed by atoms with E-state index in [0.717, 1.165) is 10.8 Å². The van der Waals surface area contributed by atoms with Crippen LogP contribution < -0.4 is 20.7 Å². The lowest BCUT2D eigenvalue weighted by molar-refractivity contribution is -0.148. The number of nitrogens with two attached hydrogens (primary N) is 1. The van der Waals surface area contributed by atoms with E-state index in [-0.39, 0.29) is 30.5 Å². The minimum absolute atomic E-state index is 0.0662. The number of aromatic nitrogens is 4. The average Bonchev–Trinajstić information content (AvgIpc) is 3.62. The van der Waals surface area contributed by atoms with Crippen LogP contribution in [0, 0.1) is 23.7 Å². The van der Waals surface area contributed by atoms with Crippen molar-refractivity contribution in [3.05, 3.63) is 48.8 Å². The van der Waals surface area contributed by atoms with E-state index in [2.05, 4.69) is 31.3 Å². The average molecular weight is 636 g/mol. The first-order chi connectivity index (χ1) is 21.4. The maximum Gasteiger partial charge on any atom is 0.459 e. The highest BCUT2D eigenvalue weighted by Crippen LogP contribution is 2.48. The van der Waals surface area contributed by atoms with E-state index in [1.807, 2.05) is 51.1 Å². The van der Waals surface area contributed by atoms with E-state index in [0.29, 0.717) is 29.2 Å². The van der Waals surface area contributed by atoms with Crippen LogP contribution in [0.1, 0.15) is 40.3 Å². The maximum atomic E-state index is 14.3. The molecule has 1 aliphatic heterocycles. The molecule has 0 bridgehead atoms. The number of carbonyl (C=O) groups excluding carboxylic acids is 1. The summed E-state index contributed by atoms with van der Waals surface area (Å²) in [5, 5.41) is 7.34. The summed E-state index contributed by atoms with van der Waals surface area (Å²) in [5.41, 5.74) is 6.64. The Kier molecular flexibility index (Phi) is 9.32. The van der Waals surface area contributed by atoms with Gasteiger partial charge in [0, 0.05) is 12.4 Å². The third-order valence-corrected chi connectivity index (χ3v) is 8.74. The fraction of sp³-hybridized carbons (Fsp3) is 0.419. The molecule has 0 spiro atoms. The number of ether oxygens (including phenoxy) is 2. The van der Waals surface area contributed by atoms with E-state index in [1.165, 1.54) is 0 Å². The molecule has 13 nitrogen and oxygen atoms in total. The predicted octanol–water partition coefficient (Wildman–Crippen LogP) is 4.91. The Hall–Kier alpha value is -4.21. The molecule has 1 aliphatic rings. The van der Waals surface area contributed by atoms with Crippen molar-refractivity contribution in [1.29, 1.82) is 0 Å². The number of fused-ring (bicyclic) bond motifs is 2. The first kappa shape index (κ1) is 32.2. The zero-order chi connectivity index (χ0) is 32.4. The Bertz CT molecular complexity index is 1780. The molecule has 5 rings (SSSR count). The molecule has 0 saturated carbocycles. The molecule has 4 aromatic rings. The highest BCUT2D eigenvalue weighted by Gasteiger charge is 2.40. The molecule has 0 unspecified atom stereocenters. The van der Waals surface area contributed by atoms with Gasteiger partial charge in [0.1, 0.15) is 11.8 Å². The summed E-state index contributed by atoms with van der Waals surface area (Å²) in [7, 11) is -2.47. The van der Waals surface area contributed by atoms with Crippen molar-refractivity contribution in [3.8, 4) is 18.1 Å². The fourth-order valence-electron chi connectivity index (χ4n) is 4.94. The lowest BCUT2D eigenvalue weighted by Gasteiger charge is -2.25. The summed E-state index contributed by atoms with van der Waals surface area (Å²) in [6.45, 7) is 7.42. The first-order valence-corrected chi connectivity index (χ1v) is 16.1. The molecule has 2 aromatic heterocycles. The Balaban J connectivity index is 1.37. The summed E-state index contributed by atoms with van der Waals surface area (Å²) in [4.78, 5) is 25.8. The third kappa shape index (κ3) is 7.37. The van der Waals surface area contributed by atoms with Crippen LogP contribution in [0.3, 0.4) is 0 Å². The topological polar surface area (TPSA) is 165 Å². The minimum Gasteiger partial charge on any atom is -0.464 e. The molecule has 0 amide bonds. The zero-order valence-corrected chi connectivity index (χ0v) is 26.8. The smallest absolute Gasteiger partial charge is 0.459 e. The normalized spacial score (nSPS) is 20.4. The van der Waals surface area contributed by atoms with Crippen LogP contribution in [0.2, 0.25) is 0 Å². The standard InChI is InChI=1S/C31H38N7O6P/c1-7-20-15-22(43-28(20)38-18-34-25-26(33-6)35-30(32)36-27(25)38)16-42-45(40,37-19(2)29(39)41-17-31(3,4)5)44-24-14-10-12-21-11-8-9-13-23(21)24/h1,8-14,18-20,22,28H,15-17H2,2-6H3,(H,37,40)(H3,32,33,35,36)/t19-,20+,22+,28-,45-/m1/s1. The van der Waals surface area contributed by atoms with Crippen LogP contribution >= 0.6 is 7.75 Å². The molecule has 1 fully saturated rings. The Labute approximate surface area is 261 Å². The summed E-state index contributed by atoms with van der Waals surface area (Å²) < 4.78 is 39.8. The van der Waals surface area contributed by atoms with E-state index >= 15 is 0 Å². The second kappa shape index (κ2) is 13.0.